The van der Waals surface area contributed by atoms with Crippen LogP contribution in [0.15, 0.2) is 71.8 Å². The average molecular weight is 431 g/mol. The summed E-state index contributed by atoms with van der Waals surface area (Å²) in [6, 6.07) is 15.6. The third-order valence-electron chi connectivity index (χ3n) is 4.38. The molecule has 29 heavy (non-hydrogen) atoms. The SMILES string of the molecule is O=S(=O)(NCc1nc2cccnc2n1Cc1ccc(Cl)cc1)c1ccc(F)cc1. The first-order valence-electron chi connectivity index (χ1n) is 8.72. The van der Waals surface area contributed by atoms with Gasteiger partial charge in [0.25, 0.3) is 0 Å². The third-order valence-corrected chi connectivity index (χ3v) is 6.05. The second-order valence-electron chi connectivity index (χ2n) is 6.37. The molecule has 4 aromatic rings. The van der Waals surface area contributed by atoms with E-state index in [0.717, 1.165) is 17.7 Å². The Hall–Kier alpha value is -2.81. The lowest BCUT2D eigenvalue weighted by Gasteiger charge is -2.10. The van der Waals surface area contributed by atoms with Gasteiger partial charge in [0.1, 0.15) is 17.2 Å². The molecule has 9 heteroatoms. The predicted molar refractivity (Wildman–Crippen MR) is 109 cm³/mol. The zero-order chi connectivity index (χ0) is 20.4. The number of sulfonamides is 1. The van der Waals surface area contributed by atoms with Crippen molar-refractivity contribution in [2.75, 3.05) is 0 Å². The van der Waals surface area contributed by atoms with Crippen LogP contribution in [0.25, 0.3) is 11.2 Å². The molecule has 0 aliphatic rings. The van der Waals surface area contributed by atoms with Crippen LogP contribution < -0.4 is 4.72 Å². The Kier molecular flexibility index (Phi) is 5.31. The zero-order valence-corrected chi connectivity index (χ0v) is 16.7. The van der Waals surface area contributed by atoms with Gasteiger partial charge in [0, 0.05) is 11.2 Å². The molecule has 148 valence electrons. The summed E-state index contributed by atoms with van der Waals surface area (Å²) in [5, 5.41) is 0.634. The minimum atomic E-state index is -3.82. The van der Waals surface area contributed by atoms with Crippen LogP contribution in [-0.4, -0.2) is 23.0 Å². The Morgan fingerprint density at radius 1 is 1.03 bits per heavy atom. The molecular weight excluding hydrogens is 415 g/mol. The molecule has 0 saturated carbocycles. The lowest BCUT2D eigenvalue weighted by molar-refractivity contribution is 0.576. The molecule has 6 nitrogen and oxygen atoms in total. The number of nitrogens with one attached hydrogen (secondary N) is 1. The van der Waals surface area contributed by atoms with Crippen molar-refractivity contribution in [1.82, 2.24) is 19.3 Å². The summed E-state index contributed by atoms with van der Waals surface area (Å²) >= 11 is 5.96. The van der Waals surface area contributed by atoms with Crippen molar-refractivity contribution in [3.05, 3.63) is 89.1 Å². The Balaban J connectivity index is 1.64. The van der Waals surface area contributed by atoms with Gasteiger partial charge >= 0.3 is 0 Å². The van der Waals surface area contributed by atoms with Crippen LogP contribution in [0.4, 0.5) is 4.39 Å². The normalized spacial score (nSPS) is 11.8. The molecule has 0 spiro atoms. The van der Waals surface area contributed by atoms with Gasteiger partial charge in [-0.1, -0.05) is 23.7 Å². The van der Waals surface area contributed by atoms with Gasteiger partial charge < -0.3 is 4.57 Å². The highest BCUT2D eigenvalue weighted by Crippen LogP contribution is 2.18. The van der Waals surface area contributed by atoms with E-state index < -0.39 is 15.8 Å². The molecule has 0 atom stereocenters. The van der Waals surface area contributed by atoms with E-state index in [1.54, 1.807) is 24.4 Å². The number of aromatic nitrogens is 3. The van der Waals surface area contributed by atoms with E-state index in [9.17, 15) is 12.8 Å². The van der Waals surface area contributed by atoms with E-state index in [-0.39, 0.29) is 11.4 Å². The number of halogens is 2. The van der Waals surface area contributed by atoms with Crippen LogP contribution in [0.2, 0.25) is 5.02 Å². The predicted octanol–water partition coefficient (Wildman–Crippen LogP) is 3.75. The second kappa shape index (κ2) is 7.90. The molecule has 2 aromatic carbocycles. The van der Waals surface area contributed by atoms with Crippen molar-refractivity contribution in [1.29, 1.82) is 0 Å². The first kappa shape index (κ1) is 19.5. The number of nitrogens with zero attached hydrogens (tertiary/aromatic N) is 3. The molecule has 4 rings (SSSR count). The van der Waals surface area contributed by atoms with Gasteiger partial charge in [-0.25, -0.2) is 27.5 Å². The van der Waals surface area contributed by atoms with Gasteiger partial charge in [0.2, 0.25) is 10.0 Å². The third kappa shape index (κ3) is 4.29. The lowest BCUT2D eigenvalue weighted by Crippen LogP contribution is -2.25. The van der Waals surface area contributed by atoms with Crippen LogP contribution in [-0.2, 0) is 23.1 Å². The summed E-state index contributed by atoms with van der Waals surface area (Å²) in [5.41, 5.74) is 2.29. The van der Waals surface area contributed by atoms with Crippen LogP contribution in [0.3, 0.4) is 0 Å². The lowest BCUT2D eigenvalue weighted by atomic mass is 10.2. The topological polar surface area (TPSA) is 76.9 Å². The number of hydrogen-bond acceptors (Lipinski definition) is 4. The molecule has 0 bridgehead atoms. The maximum Gasteiger partial charge on any atom is 0.240 e. The number of fused-ring (bicyclic) bond motifs is 1. The van der Waals surface area contributed by atoms with Gasteiger partial charge in [-0.2, -0.15) is 0 Å². The largest absolute Gasteiger partial charge is 0.307 e. The summed E-state index contributed by atoms with van der Waals surface area (Å²) < 4.78 is 42.5. The van der Waals surface area contributed by atoms with E-state index in [1.807, 2.05) is 22.8 Å². The summed E-state index contributed by atoms with van der Waals surface area (Å²) in [7, 11) is -3.82. The van der Waals surface area contributed by atoms with Gasteiger partial charge in [-0.05, 0) is 54.1 Å². The first-order chi connectivity index (χ1) is 13.9. The molecule has 2 heterocycles. The van der Waals surface area contributed by atoms with Crippen molar-refractivity contribution < 1.29 is 12.8 Å². The molecule has 1 N–H and O–H groups in total. The second-order valence-corrected chi connectivity index (χ2v) is 8.57. The van der Waals surface area contributed by atoms with Crippen LogP contribution in [0, 0.1) is 5.82 Å². The zero-order valence-electron chi connectivity index (χ0n) is 15.1. The van der Waals surface area contributed by atoms with E-state index in [0.29, 0.717) is 28.6 Å². The fraction of sp³-hybridized carbons (Fsp3) is 0.100. The van der Waals surface area contributed by atoms with Crippen molar-refractivity contribution in [3.8, 4) is 0 Å². The van der Waals surface area contributed by atoms with Crippen molar-refractivity contribution >= 4 is 32.8 Å². The summed E-state index contributed by atoms with van der Waals surface area (Å²) in [5.74, 6) is 0.0131. The van der Waals surface area contributed by atoms with Crippen molar-refractivity contribution in [3.63, 3.8) is 0 Å². The van der Waals surface area contributed by atoms with Crippen LogP contribution in [0.1, 0.15) is 11.4 Å². The average Bonchev–Trinajstić information content (AvgIpc) is 3.06. The minimum absolute atomic E-state index is 0.0163. The summed E-state index contributed by atoms with van der Waals surface area (Å²) in [6.45, 7) is 0.419. The molecule has 0 unspecified atom stereocenters. The van der Waals surface area contributed by atoms with E-state index in [1.165, 1.54) is 12.1 Å². The molecule has 2 aromatic heterocycles. The maximum atomic E-state index is 13.1. The summed E-state index contributed by atoms with van der Waals surface area (Å²) in [4.78, 5) is 8.89. The molecule has 0 aliphatic carbocycles. The molecule has 0 saturated heterocycles. The number of hydrogen-bond donors (Lipinski definition) is 1. The molecule has 0 aliphatic heterocycles. The van der Waals surface area contributed by atoms with Gasteiger partial charge in [-0.3, -0.25) is 0 Å². The fourth-order valence-electron chi connectivity index (χ4n) is 2.94. The van der Waals surface area contributed by atoms with Crippen LogP contribution >= 0.6 is 11.6 Å². The highest BCUT2D eigenvalue weighted by Gasteiger charge is 2.17. The van der Waals surface area contributed by atoms with Crippen molar-refractivity contribution in [2.45, 2.75) is 18.0 Å². The number of pyridine rings is 1. The quantitative estimate of drug-likeness (QED) is 0.505. The fourth-order valence-corrected chi connectivity index (χ4v) is 4.04. The summed E-state index contributed by atoms with van der Waals surface area (Å²) in [6.07, 6.45) is 1.66. The maximum absolute atomic E-state index is 13.1. The standard InChI is InChI=1S/C20H16ClFN4O2S/c21-15-5-3-14(4-6-15)13-26-19(25-18-2-1-11-23-20(18)26)12-24-29(27,28)17-9-7-16(22)8-10-17/h1-11,24H,12-13H2. The molecular formula is C20H16ClFN4O2S. The smallest absolute Gasteiger partial charge is 0.240 e. The van der Waals surface area contributed by atoms with Gasteiger partial charge in [-0.15, -0.1) is 0 Å². The Labute approximate surface area is 172 Å². The monoisotopic (exact) mass is 430 g/mol. The van der Waals surface area contributed by atoms with Gasteiger partial charge in [0.15, 0.2) is 5.65 Å². The Morgan fingerprint density at radius 3 is 2.48 bits per heavy atom. The molecule has 0 radical (unpaired) electrons. The van der Waals surface area contributed by atoms with E-state index in [4.69, 9.17) is 11.6 Å². The van der Waals surface area contributed by atoms with E-state index >= 15 is 0 Å². The number of benzene rings is 2. The Morgan fingerprint density at radius 2 is 1.76 bits per heavy atom. The van der Waals surface area contributed by atoms with Crippen molar-refractivity contribution in [2.24, 2.45) is 0 Å². The van der Waals surface area contributed by atoms with Crippen LogP contribution in [0.5, 0.6) is 0 Å². The number of imidazole rings is 1. The minimum Gasteiger partial charge on any atom is -0.307 e. The molecule has 0 fully saturated rings. The number of rotatable bonds is 6. The molecule has 0 amide bonds. The van der Waals surface area contributed by atoms with Gasteiger partial charge in [0.05, 0.1) is 18.0 Å². The van der Waals surface area contributed by atoms with E-state index in [2.05, 4.69) is 14.7 Å². The highest BCUT2D eigenvalue weighted by molar-refractivity contribution is 7.89. The first-order valence-corrected chi connectivity index (χ1v) is 10.6. The Bertz CT molecular complexity index is 1260. The highest BCUT2D eigenvalue weighted by atomic mass is 35.5.